The highest BCUT2D eigenvalue weighted by atomic mass is 35.5. The van der Waals surface area contributed by atoms with Crippen molar-refractivity contribution in [2.75, 3.05) is 32.2 Å². The SMILES string of the molecule is COCCNCc1c(Cl)cccc1N(C)c1ccccc1. The minimum atomic E-state index is 0.689. The average Bonchev–Trinajstić information content (AvgIpc) is 2.53. The maximum atomic E-state index is 6.38. The number of benzene rings is 2. The molecule has 0 saturated heterocycles. The summed E-state index contributed by atoms with van der Waals surface area (Å²) in [4.78, 5) is 2.15. The van der Waals surface area contributed by atoms with Gasteiger partial charge in [0.2, 0.25) is 0 Å². The van der Waals surface area contributed by atoms with Crippen LogP contribution in [0.1, 0.15) is 5.56 Å². The van der Waals surface area contributed by atoms with Crippen molar-refractivity contribution in [1.82, 2.24) is 5.32 Å². The quantitative estimate of drug-likeness (QED) is 0.787. The highest BCUT2D eigenvalue weighted by molar-refractivity contribution is 6.31. The number of anilines is 2. The fraction of sp³-hybridized carbons (Fsp3) is 0.294. The molecule has 0 atom stereocenters. The van der Waals surface area contributed by atoms with E-state index in [0.717, 1.165) is 35.1 Å². The first-order chi connectivity index (χ1) is 10.2. The van der Waals surface area contributed by atoms with Crippen LogP contribution in [-0.4, -0.2) is 27.3 Å². The summed E-state index contributed by atoms with van der Waals surface area (Å²) in [5.74, 6) is 0. The molecule has 0 bridgehead atoms. The molecule has 2 rings (SSSR count). The Bertz CT molecular complexity index is 560. The van der Waals surface area contributed by atoms with Crippen molar-refractivity contribution in [2.45, 2.75) is 6.54 Å². The Hall–Kier alpha value is -1.55. The van der Waals surface area contributed by atoms with Crippen molar-refractivity contribution in [3.05, 3.63) is 59.1 Å². The van der Waals surface area contributed by atoms with Crippen molar-refractivity contribution in [1.29, 1.82) is 0 Å². The molecule has 112 valence electrons. The van der Waals surface area contributed by atoms with Gasteiger partial charge in [-0.2, -0.15) is 0 Å². The third-order valence-corrected chi connectivity index (χ3v) is 3.74. The predicted octanol–water partition coefficient (Wildman–Crippen LogP) is 3.84. The number of hydrogen-bond acceptors (Lipinski definition) is 3. The molecule has 0 radical (unpaired) electrons. The fourth-order valence-corrected chi connectivity index (χ4v) is 2.45. The number of ether oxygens (including phenoxy) is 1. The van der Waals surface area contributed by atoms with Gasteiger partial charge in [0.05, 0.1) is 6.61 Å². The number of nitrogens with zero attached hydrogens (tertiary/aromatic N) is 1. The maximum Gasteiger partial charge on any atom is 0.0587 e. The van der Waals surface area contributed by atoms with E-state index in [1.54, 1.807) is 7.11 Å². The predicted molar refractivity (Wildman–Crippen MR) is 89.5 cm³/mol. The number of nitrogens with one attached hydrogen (secondary N) is 1. The Morgan fingerprint density at radius 1 is 1.10 bits per heavy atom. The van der Waals surface area contributed by atoms with E-state index in [2.05, 4.69) is 35.5 Å². The summed E-state index contributed by atoms with van der Waals surface area (Å²) in [6.07, 6.45) is 0. The normalized spacial score (nSPS) is 10.6. The minimum absolute atomic E-state index is 0.689. The summed E-state index contributed by atoms with van der Waals surface area (Å²) in [6, 6.07) is 16.3. The molecule has 0 amide bonds. The van der Waals surface area contributed by atoms with Gasteiger partial charge < -0.3 is 15.0 Å². The highest BCUT2D eigenvalue weighted by Crippen LogP contribution is 2.31. The number of halogens is 1. The van der Waals surface area contributed by atoms with Crippen LogP contribution in [0.25, 0.3) is 0 Å². The van der Waals surface area contributed by atoms with E-state index in [1.165, 1.54) is 0 Å². The molecule has 0 aliphatic rings. The molecule has 0 aliphatic heterocycles. The molecule has 2 aromatic rings. The molecular weight excluding hydrogens is 284 g/mol. The molecule has 2 aromatic carbocycles. The first-order valence-electron chi connectivity index (χ1n) is 7.00. The van der Waals surface area contributed by atoms with Crippen molar-refractivity contribution in [3.8, 4) is 0 Å². The summed E-state index contributed by atoms with van der Waals surface area (Å²) in [5, 5.41) is 4.13. The third-order valence-electron chi connectivity index (χ3n) is 3.38. The number of rotatable bonds is 7. The molecule has 4 heteroatoms. The third kappa shape index (κ3) is 4.21. The lowest BCUT2D eigenvalue weighted by atomic mass is 10.1. The van der Waals surface area contributed by atoms with Gasteiger partial charge in [-0.1, -0.05) is 35.9 Å². The van der Waals surface area contributed by atoms with Gasteiger partial charge in [0, 0.05) is 49.2 Å². The van der Waals surface area contributed by atoms with Gasteiger partial charge in [0.25, 0.3) is 0 Å². The van der Waals surface area contributed by atoms with Crippen LogP contribution in [0.5, 0.6) is 0 Å². The molecule has 0 spiro atoms. The molecule has 0 aromatic heterocycles. The van der Waals surface area contributed by atoms with Gasteiger partial charge in [-0.05, 0) is 24.3 Å². The van der Waals surface area contributed by atoms with E-state index in [9.17, 15) is 0 Å². The van der Waals surface area contributed by atoms with Crippen LogP contribution in [0.2, 0.25) is 5.02 Å². The number of methoxy groups -OCH3 is 1. The van der Waals surface area contributed by atoms with Gasteiger partial charge >= 0.3 is 0 Å². The van der Waals surface area contributed by atoms with Gasteiger partial charge in [-0.15, -0.1) is 0 Å². The first-order valence-corrected chi connectivity index (χ1v) is 7.37. The second-order valence-electron chi connectivity index (χ2n) is 4.80. The largest absolute Gasteiger partial charge is 0.383 e. The second-order valence-corrected chi connectivity index (χ2v) is 5.21. The Morgan fingerprint density at radius 2 is 1.86 bits per heavy atom. The van der Waals surface area contributed by atoms with Gasteiger partial charge in [0.15, 0.2) is 0 Å². The lowest BCUT2D eigenvalue weighted by Crippen LogP contribution is -2.21. The zero-order valence-electron chi connectivity index (χ0n) is 12.5. The van der Waals surface area contributed by atoms with Crippen LogP contribution in [0.3, 0.4) is 0 Å². The van der Waals surface area contributed by atoms with Gasteiger partial charge in [-0.25, -0.2) is 0 Å². The van der Waals surface area contributed by atoms with Crippen molar-refractivity contribution >= 4 is 23.0 Å². The lowest BCUT2D eigenvalue weighted by Gasteiger charge is -2.23. The average molecular weight is 305 g/mol. The molecule has 0 aliphatic carbocycles. The van der Waals surface area contributed by atoms with Crippen LogP contribution < -0.4 is 10.2 Å². The van der Waals surface area contributed by atoms with E-state index in [-0.39, 0.29) is 0 Å². The lowest BCUT2D eigenvalue weighted by molar-refractivity contribution is 0.199. The topological polar surface area (TPSA) is 24.5 Å². The van der Waals surface area contributed by atoms with Crippen LogP contribution in [0, 0.1) is 0 Å². The van der Waals surface area contributed by atoms with E-state index in [0.29, 0.717) is 6.61 Å². The molecule has 0 unspecified atom stereocenters. The van der Waals surface area contributed by atoms with E-state index >= 15 is 0 Å². The Kier molecular flexibility index (Phi) is 6.05. The smallest absolute Gasteiger partial charge is 0.0587 e. The van der Waals surface area contributed by atoms with E-state index < -0.39 is 0 Å². The maximum absolute atomic E-state index is 6.38. The fourth-order valence-electron chi connectivity index (χ4n) is 2.21. The zero-order chi connectivity index (χ0) is 15.1. The Morgan fingerprint density at radius 3 is 2.57 bits per heavy atom. The molecule has 0 saturated carbocycles. The van der Waals surface area contributed by atoms with E-state index in [1.807, 2.05) is 30.3 Å². The van der Waals surface area contributed by atoms with Gasteiger partial charge in [0.1, 0.15) is 0 Å². The summed E-state index contributed by atoms with van der Waals surface area (Å²) < 4.78 is 5.05. The summed E-state index contributed by atoms with van der Waals surface area (Å²) in [5.41, 5.74) is 3.35. The molecule has 1 N–H and O–H groups in total. The molecule has 3 nitrogen and oxygen atoms in total. The molecular formula is C17H21ClN2O. The second kappa shape index (κ2) is 8.03. The molecule has 0 fully saturated rings. The Labute approximate surface area is 131 Å². The van der Waals surface area contributed by atoms with Crippen molar-refractivity contribution in [2.24, 2.45) is 0 Å². The van der Waals surface area contributed by atoms with Crippen LogP contribution in [0.15, 0.2) is 48.5 Å². The number of para-hydroxylation sites is 1. The van der Waals surface area contributed by atoms with Crippen LogP contribution in [0.4, 0.5) is 11.4 Å². The van der Waals surface area contributed by atoms with Gasteiger partial charge in [-0.3, -0.25) is 0 Å². The van der Waals surface area contributed by atoms with Crippen LogP contribution >= 0.6 is 11.6 Å². The van der Waals surface area contributed by atoms with Crippen molar-refractivity contribution < 1.29 is 4.74 Å². The zero-order valence-corrected chi connectivity index (χ0v) is 13.2. The Balaban J connectivity index is 2.20. The molecule has 21 heavy (non-hydrogen) atoms. The standard InChI is InChI=1S/C17H21ClN2O/c1-20(14-7-4-3-5-8-14)17-10-6-9-16(18)15(17)13-19-11-12-21-2/h3-10,19H,11-13H2,1-2H3. The molecule has 0 heterocycles. The monoisotopic (exact) mass is 304 g/mol. The summed E-state index contributed by atoms with van der Waals surface area (Å²) >= 11 is 6.38. The highest BCUT2D eigenvalue weighted by Gasteiger charge is 2.11. The summed E-state index contributed by atoms with van der Waals surface area (Å²) in [7, 11) is 3.76. The van der Waals surface area contributed by atoms with Crippen molar-refractivity contribution in [3.63, 3.8) is 0 Å². The summed E-state index contributed by atoms with van der Waals surface area (Å²) in [6.45, 7) is 2.21. The van der Waals surface area contributed by atoms with Crippen LogP contribution in [-0.2, 0) is 11.3 Å². The minimum Gasteiger partial charge on any atom is -0.383 e. The number of hydrogen-bond donors (Lipinski definition) is 1. The van der Waals surface area contributed by atoms with E-state index in [4.69, 9.17) is 16.3 Å². The first kappa shape index (κ1) is 15.8.